The van der Waals surface area contributed by atoms with Gasteiger partial charge in [-0.05, 0) is 17.7 Å². The maximum atomic E-state index is 11.9. The van der Waals surface area contributed by atoms with Crippen LogP contribution in [-0.2, 0) is 26.2 Å². The van der Waals surface area contributed by atoms with Gasteiger partial charge in [-0.25, -0.2) is 13.6 Å². The van der Waals surface area contributed by atoms with Gasteiger partial charge in [-0.15, -0.1) is 0 Å². The van der Waals surface area contributed by atoms with Crippen molar-refractivity contribution in [3.63, 3.8) is 0 Å². The minimum atomic E-state index is -3.68. The molecule has 1 fully saturated rings. The van der Waals surface area contributed by atoms with Crippen molar-refractivity contribution in [3.8, 4) is 0 Å². The summed E-state index contributed by atoms with van der Waals surface area (Å²) in [5.74, 6) is -0.228. The highest BCUT2D eigenvalue weighted by Gasteiger charge is 2.37. The van der Waals surface area contributed by atoms with Crippen molar-refractivity contribution in [3.05, 3.63) is 29.8 Å². The number of anilines is 1. The molecule has 19 heavy (non-hydrogen) atoms. The SMILES string of the molecule is COCc1cccc(N2CC(S(N)(=O)=O)CC2=O)c1. The fourth-order valence-electron chi connectivity index (χ4n) is 2.13. The van der Waals surface area contributed by atoms with Crippen LogP contribution in [0.2, 0.25) is 0 Å². The molecule has 0 aliphatic carbocycles. The fourth-order valence-corrected chi connectivity index (χ4v) is 2.86. The standard InChI is InChI=1S/C12H16N2O4S/c1-18-8-9-3-2-4-10(5-9)14-7-11(6-12(14)15)19(13,16)17/h2-5,11H,6-8H2,1H3,(H2,13,16,17). The topological polar surface area (TPSA) is 89.7 Å². The van der Waals surface area contributed by atoms with Gasteiger partial charge in [0.15, 0.2) is 0 Å². The van der Waals surface area contributed by atoms with Crippen LogP contribution in [0.15, 0.2) is 24.3 Å². The maximum absolute atomic E-state index is 11.9. The van der Waals surface area contributed by atoms with Crippen molar-refractivity contribution in [2.45, 2.75) is 18.3 Å². The average molecular weight is 284 g/mol. The Hall–Kier alpha value is -1.44. The van der Waals surface area contributed by atoms with E-state index in [0.717, 1.165) is 5.56 Å². The summed E-state index contributed by atoms with van der Waals surface area (Å²) in [4.78, 5) is 13.3. The smallest absolute Gasteiger partial charge is 0.228 e. The Bertz CT molecular complexity index is 585. The highest BCUT2D eigenvalue weighted by Crippen LogP contribution is 2.25. The summed E-state index contributed by atoms with van der Waals surface area (Å²) >= 11 is 0. The number of nitrogens with zero attached hydrogens (tertiary/aromatic N) is 1. The lowest BCUT2D eigenvalue weighted by molar-refractivity contribution is -0.117. The van der Waals surface area contributed by atoms with Crippen LogP contribution in [0.5, 0.6) is 0 Å². The number of benzene rings is 1. The second kappa shape index (κ2) is 5.28. The first-order chi connectivity index (χ1) is 8.91. The maximum Gasteiger partial charge on any atom is 0.228 e. The van der Waals surface area contributed by atoms with Crippen LogP contribution in [0.1, 0.15) is 12.0 Å². The first kappa shape index (κ1) is 14.0. The van der Waals surface area contributed by atoms with Gasteiger partial charge in [0, 0.05) is 25.8 Å². The lowest BCUT2D eigenvalue weighted by atomic mass is 10.2. The Labute approximate surface area is 112 Å². The van der Waals surface area contributed by atoms with Crippen molar-refractivity contribution in [1.82, 2.24) is 0 Å². The number of nitrogens with two attached hydrogens (primary N) is 1. The van der Waals surface area contributed by atoms with E-state index in [2.05, 4.69) is 0 Å². The molecule has 0 radical (unpaired) electrons. The molecule has 7 heteroatoms. The molecule has 1 amide bonds. The summed E-state index contributed by atoms with van der Waals surface area (Å²) in [5.41, 5.74) is 1.59. The molecule has 2 rings (SSSR count). The number of sulfonamides is 1. The van der Waals surface area contributed by atoms with E-state index in [4.69, 9.17) is 9.88 Å². The van der Waals surface area contributed by atoms with Crippen LogP contribution in [0.4, 0.5) is 5.69 Å². The highest BCUT2D eigenvalue weighted by atomic mass is 32.2. The highest BCUT2D eigenvalue weighted by molar-refractivity contribution is 7.89. The number of carbonyl (C=O) groups excluding carboxylic acids is 1. The van der Waals surface area contributed by atoms with Gasteiger partial charge in [0.1, 0.15) is 5.25 Å². The van der Waals surface area contributed by atoms with Gasteiger partial charge in [-0.1, -0.05) is 12.1 Å². The summed E-state index contributed by atoms with van der Waals surface area (Å²) < 4.78 is 27.6. The van der Waals surface area contributed by atoms with Gasteiger partial charge in [-0.2, -0.15) is 0 Å². The van der Waals surface area contributed by atoms with Gasteiger partial charge in [0.05, 0.1) is 6.61 Å². The van der Waals surface area contributed by atoms with Gasteiger partial charge < -0.3 is 9.64 Å². The molecule has 1 atom stereocenters. The molecular formula is C12H16N2O4S. The normalized spacial score (nSPS) is 20.0. The second-order valence-corrected chi connectivity index (χ2v) is 6.37. The molecule has 104 valence electrons. The van der Waals surface area contributed by atoms with Gasteiger partial charge in [0.25, 0.3) is 0 Å². The summed E-state index contributed by atoms with van der Waals surface area (Å²) in [7, 11) is -2.10. The zero-order chi connectivity index (χ0) is 14.0. The van der Waals surface area contributed by atoms with Crippen molar-refractivity contribution < 1.29 is 17.9 Å². The molecule has 0 bridgehead atoms. The van der Waals surface area contributed by atoms with E-state index in [9.17, 15) is 13.2 Å². The quantitative estimate of drug-likeness (QED) is 0.857. The monoisotopic (exact) mass is 284 g/mol. The molecular weight excluding hydrogens is 268 g/mol. The van der Waals surface area contributed by atoms with Crippen molar-refractivity contribution in [2.75, 3.05) is 18.6 Å². The van der Waals surface area contributed by atoms with E-state index in [1.807, 2.05) is 12.1 Å². The molecule has 1 saturated heterocycles. The summed E-state index contributed by atoms with van der Waals surface area (Å²) in [5, 5.41) is 4.27. The first-order valence-corrected chi connectivity index (χ1v) is 7.42. The van der Waals surface area contributed by atoms with E-state index in [1.165, 1.54) is 4.90 Å². The Morgan fingerprint density at radius 3 is 2.79 bits per heavy atom. The molecule has 0 aromatic heterocycles. The molecule has 1 aromatic rings. The number of ether oxygens (including phenoxy) is 1. The largest absolute Gasteiger partial charge is 0.380 e. The van der Waals surface area contributed by atoms with Crippen molar-refractivity contribution in [1.29, 1.82) is 0 Å². The Morgan fingerprint density at radius 1 is 1.47 bits per heavy atom. The third-order valence-electron chi connectivity index (χ3n) is 3.09. The van der Waals surface area contributed by atoms with Crippen LogP contribution in [0, 0.1) is 0 Å². The van der Waals surface area contributed by atoms with Crippen molar-refractivity contribution in [2.24, 2.45) is 5.14 Å². The summed E-state index contributed by atoms with van der Waals surface area (Å²) in [6.07, 6.45) is -0.0622. The number of hydrogen-bond acceptors (Lipinski definition) is 4. The minimum Gasteiger partial charge on any atom is -0.380 e. The predicted octanol–water partition coefficient (Wildman–Crippen LogP) is 0.227. The van der Waals surface area contributed by atoms with E-state index >= 15 is 0 Å². The van der Waals surface area contributed by atoms with Gasteiger partial charge >= 0.3 is 0 Å². The second-order valence-electron chi connectivity index (χ2n) is 4.52. The first-order valence-electron chi connectivity index (χ1n) is 5.81. The van der Waals surface area contributed by atoms with E-state index in [-0.39, 0.29) is 18.9 Å². The van der Waals surface area contributed by atoms with Gasteiger partial charge in [-0.3, -0.25) is 4.79 Å². The number of carbonyl (C=O) groups is 1. The van der Waals surface area contributed by atoms with E-state index < -0.39 is 15.3 Å². The summed E-state index contributed by atoms with van der Waals surface area (Å²) in [6, 6.07) is 7.27. The van der Waals surface area contributed by atoms with E-state index in [0.29, 0.717) is 12.3 Å². The number of hydrogen-bond donors (Lipinski definition) is 1. The zero-order valence-corrected chi connectivity index (χ0v) is 11.4. The molecule has 1 heterocycles. The van der Waals surface area contributed by atoms with Crippen LogP contribution in [0.3, 0.4) is 0 Å². The Morgan fingerprint density at radius 2 is 2.21 bits per heavy atom. The number of rotatable bonds is 4. The summed E-state index contributed by atoms with van der Waals surface area (Å²) in [6.45, 7) is 0.544. The minimum absolute atomic E-state index is 0.0622. The Kier molecular flexibility index (Phi) is 3.88. The lowest BCUT2D eigenvalue weighted by Gasteiger charge is -2.17. The van der Waals surface area contributed by atoms with Crippen LogP contribution in [-0.4, -0.2) is 33.2 Å². The zero-order valence-electron chi connectivity index (χ0n) is 10.6. The number of methoxy groups -OCH3 is 1. The molecule has 2 N–H and O–H groups in total. The van der Waals surface area contributed by atoms with Gasteiger partial charge in [0.2, 0.25) is 15.9 Å². The Balaban J connectivity index is 2.23. The molecule has 0 spiro atoms. The third-order valence-corrected chi connectivity index (χ3v) is 4.33. The van der Waals surface area contributed by atoms with Crippen LogP contribution in [0.25, 0.3) is 0 Å². The average Bonchev–Trinajstić information content (AvgIpc) is 2.72. The molecule has 6 nitrogen and oxygen atoms in total. The molecule has 1 unspecified atom stereocenters. The fraction of sp³-hybridized carbons (Fsp3) is 0.417. The van der Waals surface area contributed by atoms with Crippen LogP contribution < -0.4 is 10.0 Å². The van der Waals surface area contributed by atoms with Crippen LogP contribution >= 0.6 is 0 Å². The number of amides is 1. The molecule has 1 aromatic carbocycles. The number of primary sulfonamides is 1. The molecule has 1 aliphatic heterocycles. The van der Waals surface area contributed by atoms with Crippen molar-refractivity contribution >= 4 is 21.6 Å². The predicted molar refractivity (Wildman–Crippen MR) is 71.0 cm³/mol. The molecule has 0 saturated carbocycles. The molecule has 1 aliphatic rings. The lowest BCUT2D eigenvalue weighted by Crippen LogP contribution is -2.32. The third kappa shape index (κ3) is 3.12. The van der Waals surface area contributed by atoms with E-state index in [1.54, 1.807) is 19.2 Å².